The third-order valence-corrected chi connectivity index (χ3v) is 3.99. The molecule has 0 bridgehead atoms. The van der Waals surface area contributed by atoms with Gasteiger partial charge in [-0.25, -0.2) is 0 Å². The lowest BCUT2D eigenvalue weighted by molar-refractivity contribution is 0.173. The molecule has 0 saturated carbocycles. The fourth-order valence-electron chi connectivity index (χ4n) is 2.10. The van der Waals surface area contributed by atoms with Crippen molar-refractivity contribution in [1.29, 1.82) is 0 Å². The lowest BCUT2D eigenvalue weighted by Crippen LogP contribution is -2.01. The van der Waals surface area contributed by atoms with E-state index in [2.05, 4.69) is 21.2 Å². The van der Waals surface area contributed by atoms with Gasteiger partial charge in [-0.3, -0.25) is 0 Å². The monoisotopic (exact) mass is 353 g/mol. The van der Waals surface area contributed by atoms with Crippen LogP contribution in [0.25, 0.3) is 0 Å². The van der Waals surface area contributed by atoms with Gasteiger partial charge < -0.3 is 14.8 Å². The van der Waals surface area contributed by atoms with Crippen LogP contribution in [0.1, 0.15) is 11.1 Å². The number of hydrogen-bond donors (Lipinski definition) is 1. The summed E-state index contributed by atoms with van der Waals surface area (Å²) in [5.41, 5.74) is 3.31. The minimum absolute atomic E-state index is 0.276. The maximum absolute atomic E-state index is 6.02. The minimum Gasteiger partial charge on any atom is -0.454 e. The highest BCUT2D eigenvalue weighted by atomic mass is 79.9. The molecule has 104 valence electrons. The van der Waals surface area contributed by atoms with Crippen LogP contribution in [0.15, 0.2) is 34.8 Å². The van der Waals surface area contributed by atoms with Crippen molar-refractivity contribution in [3.63, 3.8) is 0 Å². The summed E-state index contributed by atoms with van der Waals surface area (Å²) in [6.07, 6.45) is 0. The van der Waals surface area contributed by atoms with Crippen LogP contribution >= 0.6 is 27.5 Å². The molecule has 0 radical (unpaired) electrons. The van der Waals surface area contributed by atoms with Gasteiger partial charge in [-0.1, -0.05) is 17.7 Å². The van der Waals surface area contributed by atoms with Gasteiger partial charge >= 0.3 is 0 Å². The first-order chi connectivity index (χ1) is 9.63. The van der Waals surface area contributed by atoms with Crippen molar-refractivity contribution in [3.05, 3.63) is 51.0 Å². The van der Waals surface area contributed by atoms with Crippen molar-refractivity contribution in [1.82, 2.24) is 0 Å². The molecule has 2 aromatic carbocycles. The van der Waals surface area contributed by atoms with Crippen LogP contribution in [0.2, 0.25) is 5.02 Å². The number of benzene rings is 2. The summed E-state index contributed by atoms with van der Waals surface area (Å²) in [4.78, 5) is 0. The fraction of sp³-hybridized carbons (Fsp3) is 0.200. The second-order valence-electron chi connectivity index (χ2n) is 4.62. The Labute approximate surface area is 131 Å². The van der Waals surface area contributed by atoms with Crippen molar-refractivity contribution in [2.24, 2.45) is 0 Å². The second kappa shape index (κ2) is 5.54. The van der Waals surface area contributed by atoms with E-state index in [1.807, 2.05) is 37.3 Å². The molecule has 0 aliphatic carbocycles. The smallest absolute Gasteiger partial charge is 0.231 e. The molecule has 1 aliphatic heterocycles. The number of ether oxygens (including phenoxy) is 2. The van der Waals surface area contributed by atoms with Gasteiger partial charge in [0.25, 0.3) is 0 Å². The summed E-state index contributed by atoms with van der Waals surface area (Å²) in [5.74, 6) is 1.55. The molecule has 3 rings (SSSR count). The van der Waals surface area contributed by atoms with Crippen LogP contribution in [0.5, 0.6) is 11.5 Å². The van der Waals surface area contributed by atoms with Crippen LogP contribution < -0.4 is 14.8 Å². The molecule has 0 atom stereocenters. The van der Waals surface area contributed by atoms with Gasteiger partial charge in [0.15, 0.2) is 11.5 Å². The molecule has 0 aromatic heterocycles. The number of hydrogen-bond acceptors (Lipinski definition) is 3. The van der Waals surface area contributed by atoms with E-state index >= 15 is 0 Å². The Hall–Kier alpha value is -1.39. The van der Waals surface area contributed by atoms with Gasteiger partial charge in [0, 0.05) is 17.3 Å². The summed E-state index contributed by atoms with van der Waals surface area (Å²) in [5, 5.41) is 4.11. The van der Waals surface area contributed by atoms with Crippen molar-refractivity contribution in [2.75, 3.05) is 12.1 Å². The lowest BCUT2D eigenvalue weighted by atomic mass is 10.1. The van der Waals surface area contributed by atoms with E-state index in [1.165, 1.54) is 0 Å². The first-order valence-corrected chi connectivity index (χ1v) is 7.38. The SMILES string of the molecule is Cc1ccc(Cl)cc1NCc1cc(Br)c2c(c1)OCO2. The zero-order valence-corrected chi connectivity index (χ0v) is 13.2. The molecule has 3 nitrogen and oxygen atoms in total. The number of fused-ring (bicyclic) bond motifs is 1. The Morgan fingerprint density at radius 1 is 1.25 bits per heavy atom. The maximum Gasteiger partial charge on any atom is 0.231 e. The molecular formula is C15H13BrClNO2. The van der Waals surface area contributed by atoms with Crippen LogP contribution in [0.4, 0.5) is 5.69 Å². The molecule has 20 heavy (non-hydrogen) atoms. The van der Waals surface area contributed by atoms with Gasteiger partial charge in [-0.2, -0.15) is 0 Å². The van der Waals surface area contributed by atoms with E-state index < -0.39 is 0 Å². The van der Waals surface area contributed by atoms with E-state index in [-0.39, 0.29) is 6.79 Å². The second-order valence-corrected chi connectivity index (χ2v) is 5.91. The van der Waals surface area contributed by atoms with E-state index in [1.54, 1.807) is 0 Å². The predicted molar refractivity (Wildman–Crippen MR) is 83.8 cm³/mol. The summed E-state index contributed by atoms with van der Waals surface area (Å²) >= 11 is 9.51. The highest BCUT2D eigenvalue weighted by molar-refractivity contribution is 9.10. The highest BCUT2D eigenvalue weighted by Gasteiger charge is 2.17. The highest BCUT2D eigenvalue weighted by Crippen LogP contribution is 2.40. The number of halogens is 2. The Bertz CT molecular complexity index is 661. The molecule has 0 fully saturated rings. The predicted octanol–water partition coefficient (Wildman–Crippen LogP) is 4.75. The van der Waals surface area contributed by atoms with Crippen molar-refractivity contribution in [2.45, 2.75) is 13.5 Å². The Kier molecular flexibility index (Phi) is 3.76. The topological polar surface area (TPSA) is 30.5 Å². The molecule has 2 aromatic rings. The molecule has 0 saturated heterocycles. The quantitative estimate of drug-likeness (QED) is 0.862. The summed E-state index contributed by atoms with van der Waals surface area (Å²) in [7, 11) is 0. The first-order valence-electron chi connectivity index (χ1n) is 6.21. The Morgan fingerprint density at radius 3 is 2.95 bits per heavy atom. The molecule has 5 heteroatoms. The molecular weight excluding hydrogens is 342 g/mol. The van der Waals surface area contributed by atoms with Gasteiger partial charge in [-0.05, 0) is 58.2 Å². The van der Waals surface area contributed by atoms with Crippen molar-refractivity contribution in [3.8, 4) is 11.5 Å². The molecule has 1 aliphatic rings. The third-order valence-electron chi connectivity index (χ3n) is 3.17. The minimum atomic E-state index is 0.276. The van der Waals surface area contributed by atoms with Gasteiger partial charge in [-0.15, -0.1) is 0 Å². The van der Waals surface area contributed by atoms with Crippen LogP contribution in [-0.2, 0) is 6.54 Å². The number of anilines is 1. The van der Waals surface area contributed by atoms with Crippen LogP contribution in [0.3, 0.4) is 0 Å². The van der Waals surface area contributed by atoms with E-state index in [4.69, 9.17) is 21.1 Å². The summed E-state index contributed by atoms with van der Waals surface area (Å²) in [6.45, 7) is 3.02. The number of nitrogens with one attached hydrogen (secondary N) is 1. The standard InChI is InChI=1S/C15H13BrClNO2/c1-9-2-3-11(17)6-13(9)18-7-10-4-12(16)15-14(5-10)19-8-20-15/h2-6,18H,7-8H2,1H3. The van der Waals surface area contributed by atoms with Crippen LogP contribution in [-0.4, -0.2) is 6.79 Å². The van der Waals surface area contributed by atoms with Gasteiger partial charge in [0.05, 0.1) is 4.47 Å². The average Bonchev–Trinajstić information content (AvgIpc) is 2.89. The third kappa shape index (κ3) is 2.72. The Morgan fingerprint density at radius 2 is 2.10 bits per heavy atom. The summed E-state index contributed by atoms with van der Waals surface area (Å²) in [6, 6.07) is 9.83. The zero-order valence-electron chi connectivity index (χ0n) is 10.9. The molecule has 0 amide bonds. The van der Waals surface area contributed by atoms with Gasteiger partial charge in [0.1, 0.15) is 0 Å². The first kappa shape index (κ1) is 13.6. The number of aryl methyl sites for hydroxylation is 1. The van der Waals surface area contributed by atoms with Crippen molar-refractivity contribution >= 4 is 33.2 Å². The molecule has 1 N–H and O–H groups in total. The van der Waals surface area contributed by atoms with Gasteiger partial charge in [0.2, 0.25) is 6.79 Å². The van der Waals surface area contributed by atoms with Crippen molar-refractivity contribution < 1.29 is 9.47 Å². The van der Waals surface area contributed by atoms with E-state index in [0.717, 1.165) is 37.8 Å². The van der Waals surface area contributed by atoms with Crippen LogP contribution in [0, 0.1) is 6.92 Å². The van der Waals surface area contributed by atoms with E-state index in [9.17, 15) is 0 Å². The number of rotatable bonds is 3. The maximum atomic E-state index is 6.02. The normalized spacial score (nSPS) is 12.6. The Balaban J connectivity index is 1.79. The molecule has 1 heterocycles. The lowest BCUT2D eigenvalue weighted by Gasteiger charge is -2.11. The summed E-state index contributed by atoms with van der Waals surface area (Å²) < 4.78 is 11.7. The largest absolute Gasteiger partial charge is 0.454 e. The zero-order chi connectivity index (χ0) is 14.1. The van der Waals surface area contributed by atoms with E-state index in [0.29, 0.717) is 6.54 Å². The fourth-order valence-corrected chi connectivity index (χ4v) is 2.88. The molecule has 0 unspecified atom stereocenters. The molecule has 0 spiro atoms. The average molecular weight is 355 g/mol.